The highest BCUT2D eigenvalue weighted by Gasteiger charge is 2.35. The summed E-state index contributed by atoms with van der Waals surface area (Å²) in [6.45, 7) is 2.66. The summed E-state index contributed by atoms with van der Waals surface area (Å²) >= 11 is 0. The highest BCUT2D eigenvalue weighted by atomic mass is 16.8. The lowest BCUT2D eigenvalue weighted by Gasteiger charge is -2.24. The van der Waals surface area contributed by atoms with Gasteiger partial charge in [-0.15, -0.1) is 0 Å². The van der Waals surface area contributed by atoms with Gasteiger partial charge in [0.1, 0.15) is 0 Å². The first-order valence-corrected chi connectivity index (χ1v) is 4.57. The van der Waals surface area contributed by atoms with Crippen molar-refractivity contribution in [3.05, 3.63) is 0 Å². The van der Waals surface area contributed by atoms with Crippen LogP contribution in [0.1, 0.15) is 12.8 Å². The van der Waals surface area contributed by atoms with Crippen molar-refractivity contribution < 1.29 is 23.2 Å². The first-order chi connectivity index (χ1) is 6.45. The van der Waals surface area contributed by atoms with E-state index in [1.54, 1.807) is 0 Å². The molecule has 2 heterocycles. The highest BCUT2D eigenvalue weighted by Crippen LogP contribution is 2.08. The largest absolute Gasteiger partial charge is 0.627 e. The van der Waals surface area contributed by atoms with Gasteiger partial charge in [-0.1, -0.05) is 0 Å². The molecule has 0 spiro atoms. The molecule has 0 unspecified atom stereocenters. The molecule has 2 aliphatic rings. The highest BCUT2D eigenvalue weighted by molar-refractivity contribution is 6.52. The number of rotatable bonds is 2. The van der Waals surface area contributed by atoms with Gasteiger partial charge in [0.2, 0.25) is 0 Å². The molecular weight excluding hydrogens is 174 g/mol. The van der Waals surface area contributed by atoms with E-state index in [4.69, 9.17) is 23.2 Å². The van der Waals surface area contributed by atoms with Crippen molar-refractivity contribution in [3.8, 4) is 0 Å². The molecule has 0 aliphatic carbocycles. The predicted octanol–water partition coefficient (Wildman–Crippen LogP) is -0.153. The van der Waals surface area contributed by atoms with Crippen LogP contribution >= 0.6 is 0 Å². The van der Waals surface area contributed by atoms with Crippen molar-refractivity contribution >= 4 is 14.6 Å². The Balaban J connectivity index is 1.69. The Morgan fingerprint density at radius 2 is 1.08 bits per heavy atom. The molecule has 0 atom stereocenters. The summed E-state index contributed by atoms with van der Waals surface area (Å²) in [5, 5.41) is 0. The lowest BCUT2D eigenvalue weighted by molar-refractivity contribution is 0.0376. The first-order valence-electron chi connectivity index (χ1n) is 4.57. The minimum atomic E-state index is -0.628. The van der Waals surface area contributed by atoms with Gasteiger partial charge < -0.3 is 23.2 Å². The monoisotopic (exact) mass is 186 g/mol. The van der Waals surface area contributed by atoms with Gasteiger partial charge in [0.25, 0.3) is 0 Å². The molecule has 0 N–H and O–H groups in total. The molecule has 0 bridgehead atoms. The van der Waals surface area contributed by atoms with Crippen LogP contribution in [-0.4, -0.2) is 41.1 Å². The fourth-order valence-corrected chi connectivity index (χ4v) is 1.18. The molecule has 0 aromatic heterocycles. The molecule has 13 heavy (non-hydrogen) atoms. The zero-order chi connectivity index (χ0) is 8.93. The molecule has 2 aliphatic heterocycles. The molecule has 0 aromatic carbocycles. The molecule has 7 heteroatoms. The van der Waals surface area contributed by atoms with Crippen LogP contribution in [-0.2, 0) is 23.2 Å². The van der Waals surface area contributed by atoms with Crippen LogP contribution in [0.4, 0.5) is 0 Å². The average Bonchev–Trinajstić information content (AvgIpc) is 2.21. The minimum Gasteiger partial charge on any atom is -0.399 e. The number of hydrogen-bond donors (Lipinski definition) is 0. The van der Waals surface area contributed by atoms with Gasteiger partial charge in [0, 0.05) is 26.4 Å². The normalized spacial score (nSPS) is 24.9. The molecular formula is C6H12B2O5. The Labute approximate surface area is 78.0 Å². The SMILES string of the molecule is C1COB(OB2OCCCO2)OC1. The number of hydrogen-bond acceptors (Lipinski definition) is 5. The zero-order valence-electron chi connectivity index (χ0n) is 7.44. The van der Waals surface area contributed by atoms with Gasteiger partial charge in [-0.25, -0.2) is 0 Å². The van der Waals surface area contributed by atoms with Gasteiger partial charge in [0.15, 0.2) is 0 Å². The van der Waals surface area contributed by atoms with E-state index in [2.05, 4.69) is 0 Å². The summed E-state index contributed by atoms with van der Waals surface area (Å²) in [6.07, 6.45) is 1.82. The van der Waals surface area contributed by atoms with E-state index in [1.807, 2.05) is 0 Å². The molecule has 2 fully saturated rings. The molecule has 0 aromatic rings. The maximum atomic E-state index is 5.24. The Morgan fingerprint density at radius 3 is 1.46 bits per heavy atom. The van der Waals surface area contributed by atoms with E-state index in [9.17, 15) is 0 Å². The van der Waals surface area contributed by atoms with Crippen molar-refractivity contribution in [2.75, 3.05) is 26.4 Å². The summed E-state index contributed by atoms with van der Waals surface area (Å²) in [4.78, 5) is 0. The predicted molar refractivity (Wildman–Crippen MR) is 45.6 cm³/mol. The Hall–Kier alpha value is -0.0701. The van der Waals surface area contributed by atoms with Crippen molar-refractivity contribution in [1.29, 1.82) is 0 Å². The van der Waals surface area contributed by atoms with Crippen LogP contribution in [0.25, 0.3) is 0 Å². The molecule has 5 nitrogen and oxygen atoms in total. The second-order valence-electron chi connectivity index (χ2n) is 2.90. The molecule has 0 amide bonds. The molecule has 2 rings (SSSR count). The van der Waals surface area contributed by atoms with Crippen LogP contribution in [0.15, 0.2) is 0 Å². The van der Waals surface area contributed by atoms with E-state index in [-0.39, 0.29) is 0 Å². The van der Waals surface area contributed by atoms with Gasteiger partial charge in [-0.05, 0) is 12.8 Å². The fraction of sp³-hybridized carbons (Fsp3) is 1.00. The smallest absolute Gasteiger partial charge is 0.399 e. The van der Waals surface area contributed by atoms with E-state index >= 15 is 0 Å². The Bertz CT molecular complexity index is 130. The van der Waals surface area contributed by atoms with Crippen molar-refractivity contribution in [2.24, 2.45) is 0 Å². The lowest BCUT2D eigenvalue weighted by atomic mass is 10.1. The van der Waals surface area contributed by atoms with E-state index in [0.717, 1.165) is 12.8 Å². The first kappa shape index (κ1) is 9.48. The molecule has 2 saturated heterocycles. The Kier molecular flexibility index (Phi) is 3.63. The second-order valence-corrected chi connectivity index (χ2v) is 2.90. The quantitative estimate of drug-likeness (QED) is 0.560. The van der Waals surface area contributed by atoms with Crippen molar-refractivity contribution in [2.45, 2.75) is 12.8 Å². The third-order valence-electron chi connectivity index (χ3n) is 1.82. The van der Waals surface area contributed by atoms with Crippen molar-refractivity contribution in [1.82, 2.24) is 0 Å². The zero-order valence-corrected chi connectivity index (χ0v) is 7.44. The summed E-state index contributed by atoms with van der Waals surface area (Å²) in [5.74, 6) is 0. The second kappa shape index (κ2) is 4.97. The van der Waals surface area contributed by atoms with Gasteiger partial charge >= 0.3 is 14.6 Å². The fourth-order valence-electron chi connectivity index (χ4n) is 1.18. The third kappa shape index (κ3) is 2.96. The van der Waals surface area contributed by atoms with E-state index in [0.29, 0.717) is 26.4 Å². The summed E-state index contributed by atoms with van der Waals surface area (Å²) in [7, 11) is -1.26. The maximum absolute atomic E-state index is 5.24. The summed E-state index contributed by atoms with van der Waals surface area (Å²) < 4.78 is 25.9. The van der Waals surface area contributed by atoms with Crippen LogP contribution in [0.5, 0.6) is 0 Å². The average molecular weight is 186 g/mol. The van der Waals surface area contributed by atoms with Crippen LogP contribution in [0.3, 0.4) is 0 Å². The maximum Gasteiger partial charge on any atom is 0.627 e. The molecule has 0 saturated carbocycles. The third-order valence-corrected chi connectivity index (χ3v) is 1.82. The van der Waals surface area contributed by atoms with Gasteiger partial charge in [0.05, 0.1) is 0 Å². The van der Waals surface area contributed by atoms with E-state index in [1.165, 1.54) is 0 Å². The summed E-state index contributed by atoms with van der Waals surface area (Å²) in [6, 6.07) is 0. The summed E-state index contributed by atoms with van der Waals surface area (Å²) in [5.41, 5.74) is 0. The lowest BCUT2D eigenvalue weighted by Crippen LogP contribution is -2.43. The standard InChI is InChI=1S/C6H12B2O5/c1-3-9-7(10-4-1)13-8-11-5-2-6-12-8/h1-6H2. The Morgan fingerprint density at radius 1 is 0.692 bits per heavy atom. The molecule has 0 radical (unpaired) electrons. The van der Waals surface area contributed by atoms with Crippen molar-refractivity contribution in [3.63, 3.8) is 0 Å². The van der Waals surface area contributed by atoms with Crippen LogP contribution in [0, 0.1) is 0 Å². The molecule has 72 valence electrons. The van der Waals surface area contributed by atoms with E-state index < -0.39 is 14.6 Å². The van der Waals surface area contributed by atoms with Crippen LogP contribution in [0.2, 0.25) is 0 Å². The topological polar surface area (TPSA) is 46.2 Å². The van der Waals surface area contributed by atoms with Gasteiger partial charge in [-0.3, -0.25) is 0 Å². The van der Waals surface area contributed by atoms with Crippen LogP contribution < -0.4 is 0 Å². The van der Waals surface area contributed by atoms with Gasteiger partial charge in [-0.2, -0.15) is 0 Å². The minimum absolute atomic E-state index is 0.628.